The van der Waals surface area contributed by atoms with Gasteiger partial charge in [-0.15, -0.1) is 0 Å². The molecule has 2 aromatic carbocycles. The summed E-state index contributed by atoms with van der Waals surface area (Å²) in [6.07, 6.45) is 3.97. The molecule has 0 radical (unpaired) electrons. The minimum absolute atomic E-state index is 0. The number of nitrogens with zero attached hydrogens (tertiary/aromatic N) is 2. The highest BCUT2D eigenvalue weighted by Gasteiger charge is 2.43. The van der Waals surface area contributed by atoms with E-state index in [0.717, 1.165) is 11.4 Å². The highest BCUT2D eigenvalue weighted by Crippen LogP contribution is 2.29. The highest BCUT2D eigenvalue weighted by atomic mass is 127. The number of hydrogen-bond donors (Lipinski definition) is 0. The first-order valence-corrected chi connectivity index (χ1v) is 9.06. The summed E-state index contributed by atoms with van der Waals surface area (Å²) >= 11 is 0. The fraction of sp³-hybridized carbons (Fsp3) is 0.174. The Labute approximate surface area is 181 Å². The molecule has 0 fully saturated rings. The lowest BCUT2D eigenvalue weighted by molar-refractivity contribution is -0.674. The maximum atomic E-state index is 13.2. The summed E-state index contributed by atoms with van der Waals surface area (Å²) in [4.78, 5) is 26.3. The van der Waals surface area contributed by atoms with Crippen LogP contribution in [0.3, 0.4) is 0 Å². The van der Waals surface area contributed by atoms with Crippen molar-refractivity contribution in [2.45, 2.75) is 19.9 Å². The average Bonchev–Trinajstić information content (AvgIpc) is 2.98. The van der Waals surface area contributed by atoms with E-state index in [1.54, 1.807) is 24.3 Å². The van der Waals surface area contributed by atoms with Crippen molar-refractivity contribution in [3.05, 3.63) is 88.5 Å². The summed E-state index contributed by atoms with van der Waals surface area (Å²) < 4.78 is 3.80. The largest absolute Gasteiger partial charge is 1.00 e. The van der Waals surface area contributed by atoms with E-state index in [9.17, 15) is 9.59 Å². The van der Waals surface area contributed by atoms with Crippen LogP contribution in [-0.2, 0) is 7.05 Å². The number of carbonyl (C=O) groups is 2. The Morgan fingerprint density at radius 2 is 1.43 bits per heavy atom. The number of fused-ring (bicyclic) bond motifs is 2. The molecule has 0 spiro atoms. The van der Waals surface area contributed by atoms with Crippen LogP contribution in [0.2, 0.25) is 0 Å². The lowest BCUT2D eigenvalue weighted by Crippen LogP contribution is -3.00. The molecule has 4 rings (SSSR count). The number of carbonyl (C=O) groups excluding carboxylic acids is 2. The zero-order valence-electron chi connectivity index (χ0n) is 16.0. The number of hydrogen-bond acceptors (Lipinski definition) is 2. The van der Waals surface area contributed by atoms with Crippen molar-refractivity contribution in [3.63, 3.8) is 0 Å². The predicted molar refractivity (Wildman–Crippen MR) is 105 cm³/mol. The van der Waals surface area contributed by atoms with Crippen LogP contribution < -0.4 is 28.5 Å². The smallest absolute Gasteiger partial charge is 0.282 e. The molecule has 0 saturated carbocycles. The number of ketones is 2. The van der Waals surface area contributed by atoms with Crippen LogP contribution >= 0.6 is 0 Å². The van der Waals surface area contributed by atoms with Crippen molar-refractivity contribution in [1.29, 1.82) is 0 Å². The minimum atomic E-state index is -0.100. The topological polar surface area (TPSA) is 43.0 Å². The maximum absolute atomic E-state index is 13.2. The molecule has 1 aromatic heterocycles. The van der Waals surface area contributed by atoms with E-state index < -0.39 is 0 Å². The molecule has 4 nitrogen and oxygen atoms in total. The second-order valence-corrected chi connectivity index (χ2v) is 7.03. The number of aromatic nitrogens is 2. The van der Waals surface area contributed by atoms with Gasteiger partial charge in [-0.3, -0.25) is 9.59 Å². The van der Waals surface area contributed by atoms with Crippen LogP contribution in [0.4, 0.5) is 0 Å². The summed E-state index contributed by atoms with van der Waals surface area (Å²) in [6.45, 7) is 4.05. The van der Waals surface area contributed by atoms with Crippen molar-refractivity contribution in [3.8, 4) is 0 Å². The van der Waals surface area contributed by atoms with E-state index >= 15 is 0 Å². The predicted octanol–water partition coefficient (Wildman–Crippen LogP) is 0.843. The lowest BCUT2D eigenvalue weighted by atomic mass is 9.90. The zero-order valence-corrected chi connectivity index (χ0v) is 18.2. The van der Waals surface area contributed by atoms with Gasteiger partial charge in [0.05, 0.1) is 13.1 Å². The molecular weight excluding hydrogens is 463 g/mol. The molecule has 0 unspecified atom stereocenters. The quantitative estimate of drug-likeness (QED) is 0.320. The molecular formula is C23H21IN2O2. The van der Waals surface area contributed by atoms with Gasteiger partial charge in [0.1, 0.15) is 0 Å². The van der Waals surface area contributed by atoms with Crippen LogP contribution in [0, 0.1) is 0 Å². The number of imidazole rings is 1. The van der Waals surface area contributed by atoms with Crippen LogP contribution in [0.1, 0.15) is 63.4 Å². The summed E-state index contributed by atoms with van der Waals surface area (Å²) in [7, 11) is 1.85. The van der Waals surface area contributed by atoms with Gasteiger partial charge in [0, 0.05) is 17.2 Å². The van der Waals surface area contributed by atoms with Gasteiger partial charge in [0.25, 0.3) is 5.82 Å². The monoisotopic (exact) mass is 484 g/mol. The Morgan fingerprint density at radius 3 is 2.04 bits per heavy atom. The number of halogens is 1. The molecule has 0 N–H and O–H groups in total. The summed E-state index contributed by atoms with van der Waals surface area (Å²) in [5.74, 6) is 0.633. The fourth-order valence-corrected chi connectivity index (χ4v) is 3.72. The van der Waals surface area contributed by atoms with Crippen LogP contribution in [0.5, 0.6) is 0 Å². The fourth-order valence-electron chi connectivity index (χ4n) is 3.72. The first-order valence-electron chi connectivity index (χ1n) is 9.06. The van der Waals surface area contributed by atoms with Crippen molar-refractivity contribution >= 4 is 23.7 Å². The van der Waals surface area contributed by atoms with E-state index in [2.05, 4.69) is 0 Å². The van der Waals surface area contributed by atoms with E-state index in [0.29, 0.717) is 22.5 Å². The molecule has 1 aliphatic carbocycles. The highest BCUT2D eigenvalue weighted by molar-refractivity contribution is 6.26. The Hall–Kier alpha value is -2.54. The Kier molecular flexibility index (Phi) is 5.65. The molecule has 0 atom stereocenters. The Balaban J connectivity index is 0.00000225. The van der Waals surface area contributed by atoms with Crippen LogP contribution in [0.15, 0.2) is 54.6 Å². The standard InChI is InChI=1S/C23H21N2O2.HI/c1-15(2)25-19(14-13-16-9-5-4-6-10-16)24(3)20-21(25)23(27)18-12-8-7-11-17(18)22(20)26;/h4-15H,1-3H3;1H/q+1;/p-1/b14-13+;. The van der Waals surface area contributed by atoms with Gasteiger partial charge in [0.2, 0.25) is 23.0 Å². The third kappa shape index (κ3) is 3.13. The maximum Gasteiger partial charge on any atom is 0.282 e. The van der Waals surface area contributed by atoms with E-state index in [1.807, 2.05) is 72.5 Å². The average molecular weight is 484 g/mol. The Morgan fingerprint density at radius 1 is 0.857 bits per heavy atom. The summed E-state index contributed by atoms with van der Waals surface area (Å²) in [5, 5.41) is 0. The zero-order chi connectivity index (χ0) is 19.1. The molecule has 5 heteroatoms. The van der Waals surface area contributed by atoms with Crippen LogP contribution in [0.25, 0.3) is 12.2 Å². The molecule has 3 aromatic rings. The third-order valence-electron chi connectivity index (χ3n) is 4.98. The number of rotatable bonds is 3. The van der Waals surface area contributed by atoms with Gasteiger partial charge in [-0.2, -0.15) is 0 Å². The summed E-state index contributed by atoms with van der Waals surface area (Å²) in [6, 6.07) is 17.1. The van der Waals surface area contributed by atoms with E-state index in [1.165, 1.54) is 0 Å². The second kappa shape index (κ2) is 7.83. The first-order chi connectivity index (χ1) is 13.0. The summed E-state index contributed by atoms with van der Waals surface area (Å²) in [5.41, 5.74) is 2.95. The number of benzene rings is 2. The van der Waals surface area contributed by atoms with Crippen molar-refractivity contribution in [2.75, 3.05) is 0 Å². The van der Waals surface area contributed by atoms with Gasteiger partial charge in [-0.1, -0.05) is 54.6 Å². The molecule has 0 amide bonds. The molecule has 0 aliphatic heterocycles. The van der Waals surface area contributed by atoms with Crippen molar-refractivity contribution < 1.29 is 38.1 Å². The SMILES string of the molecule is CC(C)n1c2c([n+](C)c1/C=C/c1ccccc1)C(=O)c1ccccc1C2=O.[I-]. The molecule has 0 bridgehead atoms. The van der Waals surface area contributed by atoms with Gasteiger partial charge in [-0.25, -0.2) is 9.13 Å². The molecule has 1 heterocycles. The first kappa shape index (κ1) is 20.2. The molecule has 142 valence electrons. The lowest BCUT2D eigenvalue weighted by Gasteiger charge is -2.13. The second-order valence-electron chi connectivity index (χ2n) is 7.03. The van der Waals surface area contributed by atoms with E-state index in [4.69, 9.17) is 0 Å². The normalized spacial score (nSPS) is 12.9. The van der Waals surface area contributed by atoms with Gasteiger partial charge < -0.3 is 24.0 Å². The molecule has 0 saturated heterocycles. The van der Waals surface area contributed by atoms with Crippen molar-refractivity contribution in [1.82, 2.24) is 4.57 Å². The van der Waals surface area contributed by atoms with Crippen molar-refractivity contribution in [2.24, 2.45) is 7.05 Å². The third-order valence-corrected chi connectivity index (χ3v) is 4.98. The molecule has 28 heavy (non-hydrogen) atoms. The van der Waals surface area contributed by atoms with Gasteiger partial charge in [0.15, 0.2) is 0 Å². The van der Waals surface area contributed by atoms with Gasteiger partial charge >= 0.3 is 0 Å². The molecule has 1 aliphatic rings. The minimum Gasteiger partial charge on any atom is -1.00 e. The Bertz CT molecular complexity index is 1100. The van der Waals surface area contributed by atoms with Crippen LogP contribution in [-0.4, -0.2) is 16.1 Å². The van der Waals surface area contributed by atoms with Gasteiger partial charge in [-0.05, 0) is 25.5 Å². The van der Waals surface area contributed by atoms with E-state index in [-0.39, 0.29) is 41.6 Å².